The molecule has 0 aliphatic carbocycles. The summed E-state index contributed by atoms with van der Waals surface area (Å²) in [5, 5.41) is 1.02. The second-order valence-corrected chi connectivity index (χ2v) is 13.8. The fraction of sp³-hybridized carbons (Fsp3) is 0.667. The number of hydrogen-bond acceptors (Lipinski definition) is 0. The summed E-state index contributed by atoms with van der Waals surface area (Å²) in [7, 11) is -1.74. The van der Waals surface area contributed by atoms with E-state index < -0.39 is 8.07 Å². The molecule has 0 radical (unpaired) electrons. The van der Waals surface area contributed by atoms with E-state index in [9.17, 15) is 0 Å². The molecule has 0 spiro atoms. The third-order valence-electron chi connectivity index (χ3n) is 3.50. The van der Waals surface area contributed by atoms with Crippen LogP contribution >= 0.6 is 0 Å². The van der Waals surface area contributed by atoms with E-state index in [1.807, 2.05) is 0 Å². The molecule has 0 bridgehead atoms. The zero-order chi connectivity index (χ0) is 17.0. The summed E-state index contributed by atoms with van der Waals surface area (Å²) >= 11 is 0. The maximum atomic E-state index is 8.76. The Morgan fingerprint density at radius 1 is 0.842 bits per heavy atom. The first-order valence-corrected chi connectivity index (χ1v) is 10.8. The lowest BCUT2D eigenvalue weighted by Crippen LogP contribution is -2.40. The molecule has 0 amide bonds. The lowest BCUT2D eigenvalue weighted by atomic mass is 9.77. The highest BCUT2D eigenvalue weighted by Crippen LogP contribution is 2.33. The third kappa shape index (κ3) is 3.72. The van der Waals surface area contributed by atoms with Gasteiger partial charge in [0.25, 0.3) is 0 Å². The van der Waals surface area contributed by atoms with Crippen molar-refractivity contribution in [2.45, 2.75) is 78.9 Å². The predicted octanol–water partition coefficient (Wildman–Crippen LogP) is 5.14. The average molecular weight is 279 g/mol. The fourth-order valence-corrected chi connectivity index (χ4v) is 3.47. The summed E-state index contributed by atoms with van der Waals surface area (Å²) in [5.41, 5.74) is 3.26. The van der Waals surface area contributed by atoms with Gasteiger partial charge in [0.2, 0.25) is 0 Å². The van der Waals surface area contributed by atoms with Gasteiger partial charge in [-0.25, -0.2) is 0 Å². The van der Waals surface area contributed by atoms with E-state index in [0.29, 0.717) is 12.1 Å². The van der Waals surface area contributed by atoms with E-state index in [-0.39, 0.29) is 10.8 Å². The van der Waals surface area contributed by atoms with Crippen LogP contribution in [0.3, 0.4) is 0 Å². The Kier molecular flexibility index (Phi) is 3.37. The van der Waals surface area contributed by atoms with Gasteiger partial charge in [-0.05, 0) is 34.4 Å². The molecule has 0 fully saturated rings. The molecular formula is C18H32Si. The highest BCUT2D eigenvalue weighted by atomic mass is 28.3. The molecule has 0 aliphatic heterocycles. The van der Waals surface area contributed by atoms with Crippen molar-refractivity contribution in [3.8, 4) is 0 Å². The van der Waals surface area contributed by atoms with Crippen LogP contribution in [0.1, 0.15) is 61.0 Å². The van der Waals surface area contributed by atoms with Crippen molar-refractivity contribution in [3.63, 3.8) is 0 Å². The van der Waals surface area contributed by atoms with Gasteiger partial charge in [-0.1, -0.05) is 78.5 Å². The van der Waals surface area contributed by atoms with Crippen LogP contribution in [0.4, 0.5) is 0 Å². The van der Waals surface area contributed by atoms with Crippen LogP contribution in [0.15, 0.2) is 12.1 Å². The number of hydrogen-bond donors (Lipinski definition) is 0. The molecule has 1 aromatic carbocycles. The van der Waals surface area contributed by atoms with E-state index in [1.165, 1.54) is 0 Å². The molecule has 1 aromatic rings. The molecule has 0 saturated heterocycles. The molecule has 1 rings (SSSR count). The summed E-state index contributed by atoms with van der Waals surface area (Å²) in [4.78, 5) is 0. The maximum absolute atomic E-state index is 8.76. The van der Waals surface area contributed by atoms with E-state index >= 15 is 0 Å². The van der Waals surface area contributed by atoms with Crippen molar-refractivity contribution in [3.05, 3.63) is 28.8 Å². The molecule has 0 atom stereocenters. The lowest BCUT2D eigenvalue weighted by molar-refractivity contribution is 0.562. The molecule has 0 N–H and O–H groups in total. The largest absolute Gasteiger partial charge is 0.0776 e. The van der Waals surface area contributed by atoms with Crippen LogP contribution in [-0.4, -0.2) is 8.07 Å². The van der Waals surface area contributed by atoms with Crippen molar-refractivity contribution in [2.24, 2.45) is 0 Å². The monoisotopic (exact) mass is 278 g/mol. The first kappa shape index (κ1) is 13.4. The average Bonchev–Trinajstić information content (AvgIpc) is 2.07. The summed E-state index contributed by atoms with van der Waals surface area (Å²) in [6.07, 6.45) is 0. The van der Waals surface area contributed by atoms with E-state index in [2.05, 4.69) is 68.1 Å². The summed E-state index contributed by atoms with van der Waals surface area (Å²) in [6, 6.07) is 1.24. The van der Waals surface area contributed by atoms with E-state index in [1.54, 1.807) is 0 Å². The van der Waals surface area contributed by atoms with Crippen LogP contribution in [0.5, 0.6) is 0 Å². The smallest absolute Gasteiger partial charge is 0.0656 e. The van der Waals surface area contributed by atoms with Crippen LogP contribution in [0, 0.1) is 6.92 Å². The number of rotatable bonds is 1. The van der Waals surface area contributed by atoms with Gasteiger partial charge in [0, 0.05) is 0 Å². The first-order valence-electron chi connectivity index (χ1n) is 8.25. The fourth-order valence-electron chi connectivity index (χ4n) is 2.47. The van der Waals surface area contributed by atoms with Crippen molar-refractivity contribution in [1.82, 2.24) is 0 Å². The van der Waals surface area contributed by atoms with Crippen molar-refractivity contribution < 1.29 is 2.74 Å². The number of benzene rings is 1. The Bertz CT molecular complexity index is 451. The Hall–Kier alpha value is -0.563. The third-order valence-corrected chi connectivity index (χ3v) is 5.25. The second kappa shape index (κ2) is 4.77. The van der Waals surface area contributed by atoms with Crippen molar-refractivity contribution >= 4 is 13.3 Å². The minimum atomic E-state index is -1.74. The molecule has 0 aliphatic rings. The van der Waals surface area contributed by atoms with Crippen LogP contribution in [0.2, 0.25) is 19.6 Å². The molecule has 0 aromatic heterocycles. The zero-order valence-electron chi connectivity index (χ0n) is 16.5. The van der Waals surface area contributed by atoms with Gasteiger partial charge in [-0.15, -0.1) is 0 Å². The molecule has 1 heteroatoms. The first-order chi connectivity index (χ1) is 9.10. The zero-order valence-corrected chi connectivity index (χ0v) is 15.5. The molecule has 19 heavy (non-hydrogen) atoms. The summed E-state index contributed by atoms with van der Waals surface area (Å²) in [5.74, 6) is 0. The summed E-state index contributed by atoms with van der Waals surface area (Å²) in [6.45, 7) is 21.9. The minimum Gasteiger partial charge on any atom is -0.0656 e. The lowest BCUT2D eigenvalue weighted by Gasteiger charge is -2.32. The normalized spacial score (nSPS) is 15.3. The maximum Gasteiger partial charge on any atom is 0.0776 e. The Labute approximate surface area is 124 Å². The minimum absolute atomic E-state index is 0.0662. The van der Waals surface area contributed by atoms with Crippen LogP contribution < -0.4 is 5.19 Å². The molecule has 108 valence electrons. The highest BCUT2D eigenvalue weighted by molar-refractivity contribution is 6.88. The van der Waals surface area contributed by atoms with Gasteiger partial charge in [0.15, 0.2) is 0 Å². The van der Waals surface area contributed by atoms with Gasteiger partial charge in [-0.2, -0.15) is 0 Å². The molecule has 0 heterocycles. The highest BCUT2D eigenvalue weighted by Gasteiger charge is 2.27. The Balaban J connectivity index is 4.04. The Morgan fingerprint density at radius 2 is 1.16 bits per heavy atom. The summed E-state index contributed by atoms with van der Waals surface area (Å²) < 4.78 is 17.5. The van der Waals surface area contributed by atoms with Crippen molar-refractivity contribution in [1.29, 1.82) is 0 Å². The van der Waals surface area contributed by atoms with Crippen LogP contribution in [-0.2, 0) is 10.8 Å². The van der Waals surface area contributed by atoms with Gasteiger partial charge >= 0.3 is 0 Å². The Morgan fingerprint density at radius 3 is 1.37 bits per heavy atom. The van der Waals surface area contributed by atoms with Gasteiger partial charge in [-0.3, -0.25) is 0 Å². The van der Waals surface area contributed by atoms with Crippen LogP contribution in [0.25, 0.3) is 0 Å². The van der Waals surface area contributed by atoms with E-state index in [0.717, 1.165) is 21.9 Å². The van der Waals surface area contributed by atoms with Gasteiger partial charge < -0.3 is 0 Å². The SMILES string of the molecule is [2H]c1c(C(C)(C)C)c(C)c(C(C)(C)C)c([2H])c1[Si](C)(C)C. The second-order valence-electron chi connectivity index (χ2n) is 8.75. The van der Waals surface area contributed by atoms with E-state index in [4.69, 9.17) is 2.74 Å². The molecule has 0 saturated carbocycles. The topological polar surface area (TPSA) is 0 Å². The quantitative estimate of drug-likeness (QED) is 0.624. The van der Waals surface area contributed by atoms with Gasteiger partial charge in [0.1, 0.15) is 0 Å². The molecular weight excluding hydrogens is 244 g/mol. The molecule has 0 unspecified atom stereocenters. The standard InChI is InChI=1S/C18H32Si/c1-13-15(17(2,3)4)11-14(19(8,9)10)12-16(13)18(5,6)7/h11-12H,1-10H3/i11D,12D. The molecule has 0 nitrogen and oxygen atoms in total. The van der Waals surface area contributed by atoms with Gasteiger partial charge in [0.05, 0.1) is 10.8 Å². The predicted molar refractivity (Wildman–Crippen MR) is 91.6 cm³/mol. The van der Waals surface area contributed by atoms with Crippen molar-refractivity contribution in [2.75, 3.05) is 0 Å².